The van der Waals surface area contributed by atoms with Crippen molar-refractivity contribution in [3.05, 3.63) is 53.2 Å². The van der Waals surface area contributed by atoms with Crippen LogP contribution in [0.2, 0.25) is 0 Å². The number of hydrogen-bond donors (Lipinski definition) is 1. The van der Waals surface area contributed by atoms with E-state index in [1.165, 1.54) is 17.5 Å². The topological polar surface area (TPSA) is 84.3 Å². The van der Waals surface area contributed by atoms with Gasteiger partial charge in [0.05, 0.1) is 5.69 Å². The molecule has 0 radical (unpaired) electrons. The maximum Gasteiger partial charge on any atom is 0.263 e. The zero-order valence-electron chi connectivity index (χ0n) is 18.4. The Kier molecular flexibility index (Phi) is 6.66. The van der Waals surface area contributed by atoms with Crippen LogP contribution < -0.4 is 4.72 Å². The number of thiazole rings is 1. The molecule has 4 rings (SSSR count). The Hall–Kier alpha value is -2.65. The Bertz CT molecular complexity index is 1190. The fraction of sp³-hybridized carbons (Fsp3) is 0.391. The molecule has 32 heavy (non-hydrogen) atoms. The van der Waals surface area contributed by atoms with Crippen LogP contribution in [0.15, 0.2) is 46.8 Å². The minimum atomic E-state index is -3.82. The van der Waals surface area contributed by atoms with Gasteiger partial charge in [-0.1, -0.05) is 19.1 Å². The number of nitrogens with one attached hydrogen (secondary N) is 1. The third-order valence-electron chi connectivity index (χ3n) is 5.65. The lowest BCUT2D eigenvalue weighted by atomic mass is 10.1. The first-order valence-corrected chi connectivity index (χ1v) is 13.2. The van der Waals surface area contributed by atoms with Crippen molar-refractivity contribution in [1.82, 2.24) is 14.5 Å². The summed E-state index contributed by atoms with van der Waals surface area (Å²) in [5, 5.41) is 2.61. The van der Waals surface area contributed by atoms with E-state index in [9.17, 15) is 13.2 Å². The van der Waals surface area contributed by atoms with E-state index < -0.39 is 10.0 Å². The molecule has 0 aliphatic carbocycles. The third-order valence-corrected chi connectivity index (χ3v) is 7.98. The molecule has 1 aliphatic rings. The first-order chi connectivity index (χ1) is 15.4. The zero-order chi connectivity index (χ0) is 22.7. The highest BCUT2D eigenvalue weighted by molar-refractivity contribution is 7.92. The summed E-state index contributed by atoms with van der Waals surface area (Å²) in [6.45, 7) is 5.55. The van der Waals surface area contributed by atoms with Gasteiger partial charge in [0.2, 0.25) is 5.91 Å². The summed E-state index contributed by atoms with van der Waals surface area (Å²) in [7, 11) is -3.82. The number of aromatic nitrogens is 2. The van der Waals surface area contributed by atoms with Crippen LogP contribution in [0.1, 0.15) is 37.4 Å². The number of rotatable bonds is 7. The second-order valence-electron chi connectivity index (χ2n) is 8.08. The average molecular weight is 473 g/mol. The molecular formula is C23H28N4O3S2. The maximum atomic E-state index is 13.1. The van der Waals surface area contributed by atoms with Crippen molar-refractivity contribution in [1.29, 1.82) is 0 Å². The van der Waals surface area contributed by atoms with Gasteiger partial charge in [0, 0.05) is 36.0 Å². The van der Waals surface area contributed by atoms with Crippen LogP contribution in [0.4, 0.5) is 5.69 Å². The lowest BCUT2D eigenvalue weighted by molar-refractivity contribution is -0.132. The lowest BCUT2D eigenvalue weighted by Crippen LogP contribution is -2.37. The van der Waals surface area contributed by atoms with Gasteiger partial charge in [-0.25, -0.2) is 13.4 Å². The van der Waals surface area contributed by atoms with E-state index in [1.54, 1.807) is 22.8 Å². The molecule has 0 bridgehead atoms. The summed E-state index contributed by atoms with van der Waals surface area (Å²) in [6.07, 6.45) is 5.59. The molecule has 0 spiro atoms. The Labute approximate surface area is 193 Å². The molecule has 3 aromatic rings. The Balaban J connectivity index is 1.63. The number of hydrogen-bond acceptors (Lipinski definition) is 5. The number of piperidine rings is 1. The Morgan fingerprint density at radius 1 is 1.16 bits per heavy atom. The minimum Gasteiger partial charge on any atom is -0.341 e. The standard InChI is InChI=1S/C23H28N4O3S2/c1-3-18-7-9-19(10-8-18)25-32(29,30)20-13-21(23-24-17(2)16-31-23)27(14-20)15-22(28)26-11-5-4-6-12-26/h7-10,13-14,16,25H,3-6,11-12,15H2,1-2H3. The summed E-state index contributed by atoms with van der Waals surface area (Å²) >= 11 is 1.44. The highest BCUT2D eigenvalue weighted by Gasteiger charge is 2.24. The number of carbonyl (C=O) groups excluding carboxylic acids is 1. The van der Waals surface area contributed by atoms with Crippen molar-refractivity contribution in [2.24, 2.45) is 0 Å². The van der Waals surface area contributed by atoms with E-state index in [-0.39, 0.29) is 17.3 Å². The first kappa shape index (κ1) is 22.5. The number of amides is 1. The lowest BCUT2D eigenvalue weighted by Gasteiger charge is -2.27. The molecule has 1 aliphatic heterocycles. The molecule has 3 heterocycles. The monoisotopic (exact) mass is 472 g/mol. The van der Waals surface area contributed by atoms with Crippen LogP contribution >= 0.6 is 11.3 Å². The van der Waals surface area contributed by atoms with Gasteiger partial charge in [-0.15, -0.1) is 11.3 Å². The highest BCUT2D eigenvalue weighted by atomic mass is 32.2. The Morgan fingerprint density at radius 2 is 1.88 bits per heavy atom. The number of benzene rings is 1. The summed E-state index contributed by atoms with van der Waals surface area (Å²) in [6, 6.07) is 8.94. The summed E-state index contributed by atoms with van der Waals surface area (Å²) in [4.78, 5) is 19.4. The van der Waals surface area contributed by atoms with Crippen LogP contribution in [0.25, 0.3) is 10.7 Å². The molecule has 1 N–H and O–H groups in total. The quantitative estimate of drug-likeness (QED) is 0.556. The van der Waals surface area contributed by atoms with Crippen molar-refractivity contribution in [2.45, 2.75) is 51.0 Å². The smallest absolute Gasteiger partial charge is 0.263 e. The second kappa shape index (κ2) is 9.46. The van der Waals surface area contributed by atoms with Crippen LogP contribution in [-0.4, -0.2) is 41.9 Å². The van der Waals surface area contributed by atoms with E-state index in [2.05, 4.69) is 16.6 Å². The van der Waals surface area contributed by atoms with Crippen LogP contribution in [-0.2, 0) is 27.8 Å². The van der Waals surface area contributed by atoms with Gasteiger partial charge >= 0.3 is 0 Å². The van der Waals surface area contributed by atoms with E-state index in [4.69, 9.17) is 0 Å². The fourth-order valence-corrected chi connectivity index (χ4v) is 5.75. The fourth-order valence-electron chi connectivity index (χ4n) is 3.82. The molecule has 0 atom stereocenters. The van der Waals surface area contributed by atoms with E-state index in [0.29, 0.717) is 16.4 Å². The number of likely N-dealkylation sites (tertiary alicyclic amines) is 1. The molecule has 1 saturated heterocycles. The molecule has 0 saturated carbocycles. The van der Waals surface area contributed by atoms with Crippen molar-refractivity contribution >= 4 is 33.0 Å². The molecule has 1 aromatic carbocycles. The minimum absolute atomic E-state index is 0.00175. The zero-order valence-corrected chi connectivity index (χ0v) is 20.0. The summed E-state index contributed by atoms with van der Waals surface area (Å²) in [5.41, 5.74) is 3.14. The van der Waals surface area contributed by atoms with Crippen LogP contribution in [0, 0.1) is 6.92 Å². The molecule has 0 unspecified atom stereocenters. The van der Waals surface area contributed by atoms with Crippen LogP contribution in [0.3, 0.4) is 0 Å². The molecule has 7 nitrogen and oxygen atoms in total. The van der Waals surface area contributed by atoms with Crippen LogP contribution in [0.5, 0.6) is 0 Å². The maximum absolute atomic E-state index is 13.1. The largest absolute Gasteiger partial charge is 0.341 e. The van der Waals surface area contributed by atoms with Gasteiger partial charge in [-0.3, -0.25) is 9.52 Å². The highest BCUT2D eigenvalue weighted by Crippen LogP contribution is 2.29. The molecule has 2 aromatic heterocycles. The van der Waals surface area contributed by atoms with E-state index >= 15 is 0 Å². The van der Waals surface area contributed by atoms with Crippen molar-refractivity contribution < 1.29 is 13.2 Å². The molecule has 170 valence electrons. The SMILES string of the molecule is CCc1ccc(NS(=O)(=O)c2cc(-c3nc(C)cs3)n(CC(=O)N3CCCCC3)c2)cc1. The van der Waals surface area contributed by atoms with E-state index in [0.717, 1.165) is 50.0 Å². The average Bonchev–Trinajstić information content (AvgIpc) is 3.41. The Morgan fingerprint density at radius 3 is 2.50 bits per heavy atom. The van der Waals surface area contributed by atoms with Gasteiger partial charge in [0.25, 0.3) is 10.0 Å². The predicted molar refractivity (Wildman–Crippen MR) is 127 cm³/mol. The number of aryl methyl sites for hydroxylation is 2. The van der Waals surface area contributed by atoms with Gasteiger partial charge in [0.1, 0.15) is 16.4 Å². The number of carbonyl (C=O) groups is 1. The third kappa shape index (κ3) is 5.05. The normalized spacial score (nSPS) is 14.5. The van der Waals surface area contributed by atoms with Gasteiger partial charge in [-0.2, -0.15) is 0 Å². The van der Waals surface area contributed by atoms with Crippen molar-refractivity contribution in [3.63, 3.8) is 0 Å². The first-order valence-electron chi connectivity index (χ1n) is 10.9. The molecular weight excluding hydrogens is 444 g/mol. The molecule has 1 fully saturated rings. The number of nitrogens with zero attached hydrogens (tertiary/aromatic N) is 3. The van der Waals surface area contributed by atoms with Gasteiger partial charge < -0.3 is 9.47 Å². The molecule has 1 amide bonds. The summed E-state index contributed by atoms with van der Waals surface area (Å²) < 4.78 is 30.6. The van der Waals surface area contributed by atoms with Crippen molar-refractivity contribution in [3.8, 4) is 10.7 Å². The number of anilines is 1. The number of sulfonamides is 1. The van der Waals surface area contributed by atoms with Crippen molar-refractivity contribution in [2.75, 3.05) is 17.8 Å². The van der Waals surface area contributed by atoms with Gasteiger partial charge in [0.15, 0.2) is 0 Å². The molecule has 9 heteroatoms. The summed E-state index contributed by atoms with van der Waals surface area (Å²) in [5.74, 6) is 0.00175. The second-order valence-corrected chi connectivity index (χ2v) is 10.6. The van der Waals surface area contributed by atoms with Gasteiger partial charge in [-0.05, 0) is 56.4 Å². The van der Waals surface area contributed by atoms with E-state index in [1.807, 2.05) is 29.3 Å². The predicted octanol–water partition coefficient (Wildman–Crippen LogP) is 4.30.